The summed E-state index contributed by atoms with van der Waals surface area (Å²) in [6.07, 6.45) is 2.89. The molecule has 1 aromatic carbocycles. The second-order valence-electron chi connectivity index (χ2n) is 4.01. The fourth-order valence-corrected chi connectivity index (χ4v) is 2.01. The number of phenolic OH excluding ortho intramolecular Hbond substituents is 1. The van der Waals surface area contributed by atoms with Crippen molar-refractivity contribution in [3.63, 3.8) is 0 Å². The van der Waals surface area contributed by atoms with Crippen molar-refractivity contribution >= 4 is 5.57 Å². The molecule has 2 nitrogen and oxygen atoms in total. The molecule has 0 amide bonds. The molecule has 1 aliphatic rings. The Morgan fingerprint density at radius 3 is 2.88 bits per heavy atom. The molecule has 16 heavy (non-hydrogen) atoms. The van der Waals surface area contributed by atoms with Crippen molar-refractivity contribution < 1.29 is 9.50 Å². The second-order valence-corrected chi connectivity index (χ2v) is 4.01. The molecule has 0 aromatic heterocycles. The lowest BCUT2D eigenvalue weighted by molar-refractivity contribution is 0.318. The van der Waals surface area contributed by atoms with Gasteiger partial charge in [-0.25, -0.2) is 4.39 Å². The summed E-state index contributed by atoms with van der Waals surface area (Å²) in [4.78, 5) is 2.30. The van der Waals surface area contributed by atoms with Gasteiger partial charge in [-0.05, 0) is 24.6 Å². The Bertz CT molecular complexity index is 414. The highest BCUT2D eigenvalue weighted by atomic mass is 19.1. The van der Waals surface area contributed by atoms with Crippen LogP contribution in [0.25, 0.3) is 5.57 Å². The van der Waals surface area contributed by atoms with Crippen molar-refractivity contribution in [3.05, 3.63) is 35.7 Å². The summed E-state index contributed by atoms with van der Waals surface area (Å²) < 4.78 is 13.7. The third-order valence-corrected chi connectivity index (χ3v) is 3.06. The van der Waals surface area contributed by atoms with E-state index in [-0.39, 0.29) is 5.75 Å². The molecule has 3 heteroatoms. The van der Waals surface area contributed by atoms with Crippen LogP contribution in [-0.4, -0.2) is 29.6 Å². The van der Waals surface area contributed by atoms with Crippen LogP contribution >= 0.6 is 0 Å². The Hall–Kier alpha value is -1.35. The second kappa shape index (κ2) is 4.66. The number of phenols is 1. The monoisotopic (exact) mass is 221 g/mol. The van der Waals surface area contributed by atoms with E-state index in [1.54, 1.807) is 12.1 Å². The van der Waals surface area contributed by atoms with Crippen molar-refractivity contribution in [3.8, 4) is 5.75 Å². The molecule has 0 radical (unpaired) electrons. The molecule has 0 saturated carbocycles. The Balaban J connectivity index is 2.26. The standard InChI is InChI=1S/C13H16FNO/c1-2-15-8-6-10(7-9-15)11-4-3-5-12(16)13(11)14/h3-6,16H,2,7-9H2,1H3. The molecule has 2 rings (SSSR count). The van der Waals surface area contributed by atoms with Crippen LogP contribution in [0.15, 0.2) is 24.3 Å². The first kappa shape index (κ1) is 11.1. The van der Waals surface area contributed by atoms with Gasteiger partial charge >= 0.3 is 0 Å². The molecule has 0 fully saturated rings. The van der Waals surface area contributed by atoms with Crippen LogP contribution in [0, 0.1) is 5.82 Å². The first-order chi connectivity index (χ1) is 7.72. The first-order valence-corrected chi connectivity index (χ1v) is 5.61. The fraction of sp³-hybridized carbons (Fsp3) is 0.385. The van der Waals surface area contributed by atoms with E-state index in [1.807, 2.05) is 6.08 Å². The molecule has 0 saturated heterocycles. The Morgan fingerprint density at radius 2 is 2.25 bits per heavy atom. The average Bonchev–Trinajstić information content (AvgIpc) is 2.33. The predicted octanol–water partition coefficient (Wildman–Crippen LogP) is 2.64. The number of benzene rings is 1. The zero-order valence-electron chi connectivity index (χ0n) is 9.41. The molecule has 0 spiro atoms. The van der Waals surface area contributed by atoms with Crippen LogP contribution < -0.4 is 0 Å². The highest BCUT2D eigenvalue weighted by Crippen LogP contribution is 2.28. The number of hydrogen-bond donors (Lipinski definition) is 1. The number of nitrogens with zero attached hydrogens (tertiary/aromatic N) is 1. The molecule has 1 N–H and O–H groups in total. The van der Waals surface area contributed by atoms with E-state index in [4.69, 9.17) is 0 Å². The molecule has 1 heterocycles. The summed E-state index contributed by atoms with van der Waals surface area (Å²) >= 11 is 0. The largest absolute Gasteiger partial charge is 0.505 e. The van der Waals surface area contributed by atoms with Crippen LogP contribution in [0.5, 0.6) is 5.75 Å². The molecule has 0 unspecified atom stereocenters. The van der Waals surface area contributed by atoms with Gasteiger partial charge in [0.25, 0.3) is 0 Å². The van der Waals surface area contributed by atoms with Crippen LogP contribution in [0.1, 0.15) is 18.9 Å². The van der Waals surface area contributed by atoms with Gasteiger partial charge < -0.3 is 5.11 Å². The van der Waals surface area contributed by atoms with Crippen LogP contribution in [-0.2, 0) is 0 Å². The van der Waals surface area contributed by atoms with Gasteiger partial charge in [0.2, 0.25) is 0 Å². The minimum absolute atomic E-state index is 0.267. The minimum atomic E-state index is -0.501. The summed E-state index contributed by atoms with van der Waals surface area (Å²) in [6.45, 7) is 4.96. The van der Waals surface area contributed by atoms with Crippen molar-refractivity contribution in [2.24, 2.45) is 0 Å². The smallest absolute Gasteiger partial charge is 0.172 e. The van der Waals surface area contributed by atoms with Gasteiger partial charge in [-0.3, -0.25) is 4.90 Å². The zero-order valence-corrected chi connectivity index (χ0v) is 9.41. The molecular weight excluding hydrogens is 205 g/mol. The summed E-state index contributed by atoms with van der Waals surface area (Å²) in [7, 11) is 0. The molecule has 1 aromatic rings. The number of halogens is 1. The SMILES string of the molecule is CCN1CC=C(c2cccc(O)c2F)CC1. The predicted molar refractivity (Wildman–Crippen MR) is 62.8 cm³/mol. The van der Waals surface area contributed by atoms with E-state index in [2.05, 4.69) is 11.8 Å². The quantitative estimate of drug-likeness (QED) is 0.829. The van der Waals surface area contributed by atoms with Crippen molar-refractivity contribution in [2.75, 3.05) is 19.6 Å². The van der Waals surface area contributed by atoms with E-state index in [0.717, 1.165) is 31.6 Å². The highest BCUT2D eigenvalue weighted by molar-refractivity contribution is 5.68. The van der Waals surface area contributed by atoms with E-state index >= 15 is 0 Å². The molecule has 1 aliphatic heterocycles. The third-order valence-electron chi connectivity index (χ3n) is 3.06. The Kier molecular flexibility index (Phi) is 3.25. The van der Waals surface area contributed by atoms with Gasteiger partial charge in [-0.2, -0.15) is 0 Å². The van der Waals surface area contributed by atoms with Crippen molar-refractivity contribution in [1.29, 1.82) is 0 Å². The molecular formula is C13H16FNO. The van der Waals surface area contributed by atoms with Crippen LogP contribution in [0.4, 0.5) is 4.39 Å². The summed E-state index contributed by atoms with van der Waals surface area (Å²) in [5.74, 6) is -0.769. The van der Waals surface area contributed by atoms with Gasteiger partial charge in [0.15, 0.2) is 11.6 Å². The molecule has 86 valence electrons. The van der Waals surface area contributed by atoms with Gasteiger partial charge in [-0.15, -0.1) is 0 Å². The van der Waals surface area contributed by atoms with Crippen LogP contribution in [0.2, 0.25) is 0 Å². The van der Waals surface area contributed by atoms with Crippen LogP contribution in [0.3, 0.4) is 0 Å². The Labute approximate surface area is 95.0 Å². The van der Waals surface area contributed by atoms with E-state index < -0.39 is 5.82 Å². The lowest BCUT2D eigenvalue weighted by Gasteiger charge is -2.25. The lowest BCUT2D eigenvalue weighted by Crippen LogP contribution is -2.28. The fourth-order valence-electron chi connectivity index (χ4n) is 2.01. The molecule has 0 atom stereocenters. The number of hydrogen-bond acceptors (Lipinski definition) is 2. The van der Waals surface area contributed by atoms with Gasteiger partial charge in [0.1, 0.15) is 0 Å². The minimum Gasteiger partial charge on any atom is -0.505 e. The van der Waals surface area contributed by atoms with Gasteiger partial charge in [0, 0.05) is 18.7 Å². The lowest BCUT2D eigenvalue weighted by atomic mass is 9.99. The summed E-state index contributed by atoms with van der Waals surface area (Å²) in [5.41, 5.74) is 1.54. The van der Waals surface area contributed by atoms with Gasteiger partial charge in [-0.1, -0.05) is 25.1 Å². The Morgan fingerprint density at radius 1 is 1.44 bits per heavy atom. The zero-order chi connectivity index (χ0) is 11.5. The summed E-state index contributed by atoms with van der Waals surface area (Å²) in [5, 5.41) is 9.32. The normalized spacial score (nSPS) is 17.2. The first-order valence-electron chi connectivity index (χ1n) is 5.61. The number of rotatable bonds is 2. The number of likely N-dealkylation sites (N-methyl/N-ethyl adjacent to an activating group) is 1. The van der Waals surface area contributed by atoms with Crippen molar-refractivity contribution in [2.45, 2.75) is 13.3 Å². The third kappa shape index (κ3) is 2.09. The van der Waals surface area contributed by atoms with E-state index in [1.165, 1.54) is 6.07 Å². The molecule has 0 aliphatic carbocycles. The topological polar surface area (TPSA) is 23.5 Å². The highest BCUT2D eigenvalue weighted by Gasteiger charge is 2.15. The van der Waals surface area contributed by atoms with Gasteiger partial charge in [0.05, 0.1) is 0 Å². The average molecular weight is 221 g/mol. The maximum absolute atomic E-state index is 13.7. The summed E-state index contributed by atoms with van der Waals surface area (Å²) in [6, 6.07) is 4.78. The molecule has 0 bridgehead atoms. The van der Waals surface area contributed by atoms with E-state index in [0.29, 0.717) is 5.56 Å². The van der Waals surface area contributed by atoms with E-state index in [9.17, 15) is 9.50 Å². The maximum Gasteiger partial charge on any atom is 0.172 e. The number of aromatic hydroxyl groups is 1. The van der Waals surface area contributed by atoms with Crippen molar-refractivity contribution in [1.82, 2.24) is 4.90 Å². The maximum atomic E-state index is 13.7.